The van der Waals surface area contributed by atoms with Crippen molar-refractivity contribution >= 4 is 19.8 Å². The zero-order chi connectivity index (χ0) is 45.9. The normalized spacial score (nSPS) is 23.0. The van der Waals surface area contributed by atoms with E-state index >= 15 is 0 Å². The van der Waals surface area contributed by atoms with Gasteiger partial charge in [-0.3, -0.25) is 18.6 Å². The van der Waals surface area contributed by atoms with E-state index in [2.05, 4.69) is 26.0 Å². The molecule has 0 spiro atoms. The summed E-state index contributed by atoms with van der Waals surface area (Å²) in [7, 11) is -5.15. The van der Waals surface area contributed by atoms with Gasteiger partial charge in [-0.15, -0.1) is 0 Å². The topological polar surface area (TPSA) is 230 Å². The van der Waals surface area contributed by atoms with Crippen LogP contribution in [0.1, 0.15) is 149 Å². The second kappa shape index (κ2) is 36.6. The maximum atomic E-state index is 12.8. The van der Waals surface area contributed by atoms with Gasteiger partial charge in [0.15, 0.2) is 6.10 Å². The van der Waals surface area contributed by atoms with Gasteiger partial charge in [-0.05, 0) is 44.9 Å². The number of aliphatic hydroxyl groups excluding tert-OH is 6. The number of carbonyl (C=O) groups excluding carboxylic acids is 2. The lowest BCUT2D eigenvalue weighted by molar-refractivity contribution is -0.220. The largest absolute Gasteiger partial charge is 0.472 e. The van der Waals surface area contributed by atoms with Crippen LogP contribution in [0, 0.1) is 0 Å². The summed E-state index contributed by atoms with van der Waals surface area (Å²) in [6.45, 7) is 3.04. The predicted octanol–water partition coefficient (Wildman–Crippen LogP) is 7.69. The molecule has 1 aliphatic rings. The van der Waals surface area contributed by atoms with Gasteiger partial charge in [0.25, 0.3) is 0 Å². The number of rotatable bonds is 36. The van der Waals surface area contributed by atoms with Crippen molar-refractivity contribution in [3.8, 4) is 0 Å². The van der Waals surface area contributed by atoms with E-state index in [9.17, 15) is 49.7 Å². The molecule has 15 heteroatoms. The average Bonchev–Trinajstić information content (AvgIpc) is 3.25. The van der Waals surface area contributed by atoms with Crippen LogP contribution in [0.15, 0.2) is 72.9 Å². The number of hydrogen-bond acceptors (Lipinski definition) is 13. The first kappa shape index (κ1) is 57.3. The molecule has 0 saturated heterocycles. The molecule has 0 heterocycles. The Morgan fingerprint density at radius 1 is 0.597 bits per heavy atom. The molecule has 4 unspecified atom stereocenters. The van der Waals surface area contributed by atoms with Gasteiger partial charge in [-0.25, -0.2) is 4.57 Å². The second-order valence-electron chi connectivity index (χ2n) is 15.7. The van der Waals surface area contributed by atoms with Crippen LogP contribution < -0.4 is 0 Å². The zero-order valence-corrected chi connectivity index (χ0v) is 38.1. The Hall–Kier alpha value is -2.75. The van der Waals surface area contributed by atoms with E-state index in [1.54, 1.807) is 6.08 Å². The van der Waals surface area contributed by atoms with Gasteiger partial charge in [-0.2, -0.15) is 0 Å². The highest BCUT2D eigenvalue weighted by atomic mass is 31.2. The van der Waals surface area contributed by atoms with Crippen LogP contribution >= 0.6 is 7.82 Å². The highest BCUT2D eigenvalue weighted by Crippen LogP contribution is 2.47. The summed E-state index contributed by atoms with van der Waals surface area (Å²) in [5.74, 6) is -1.23. The summed E-state index contributed by atoms with van der Waals surface area (Å²) in [4.78, 5) is 35.6. The Morgan fingerprint density at radius 2 is 1.11 bits per heavy atom. The van der Waals surface area contributed by atoms with Gasteiger partial charge < -0.3 is 45.0 Å². The number of aliphatic hydroxyl groups is 6. The minimum absolute atomic E-state index is 0.0167. The minimum atomic E-state index is -5.15. The molecule has 1 saturated carbocycles. The van der Waals surface area contributed by atoms with Gasteiger partial charge in [0.2, 0.25) is 0 Å². The molecule has 0 aromatic rings. The number of carbonyl (C=O) groups is 2. The fraction of sp³-hybridized carbons (Fsp3) is 0.702. The van der Waals surface area contributed by atoms with Crippen LogP contribution in [-0.4, -0.2) is 110 Å². The molecule has 1 rings (SSSR count). The molecule has 1 fully saturated rings. The summed E-state index contributed by atoms with van der Waals surface area (Å²) < 4.78 is 33.4. The van der Waals surface area contributed by atoms with Gasteiger partial charge >= 0.3 is 19.8 Å². The van der Waals surface area contributed by atoms with E-state index in [4.69, 9.17) is 18.5 Å². The molecule has 0 amide bonds. The van der Waals surface area contributed by atoms with E-state index < -0.39 is 81.8 Å². The average molecular weight is 899 g/mol. The van der Waals surface area contributed by atoms with Crippen molar-refractivity contribution in [1.29, 1.82) is 0 Å². The quantitative estimate of drug-likeness (QED) is 0.0105. The van der Waals surface area contributed by atoms with Gasteiger partial charge in [-0.1, -0.05) is 164 Å². The van der Waals surface area contributed by atoms with Crippen LogP contribution in [0.25, 0.3) is 0 Å². The molecule has 0 bridgehead atoms. The molecule has 0 aliphatic heterocycles. The molecular formula is C47H79O14P. The van der Waals surface area contributed by atoms with Gasteiger partial charge in [0, 0.05) is 12.8 Å². The summed E-state index contributed by atoms with van der Waals surface area (Å²) in [5, 5.41) is 60.1. The lowest BCUT2D eigenvalue weighted by Gasteiger charge is -2.41. The Morgan fingerprint density at radius 3 is 1.71 bits per heavy atom. The second-order valence-corrected chi connectivity index (χ2v) is 17.1. The van der Waals surface area contributed by atoms with Crippen LogP contribution in [0.2, 0.25) is 0 Å². The Kier molecular flexibility index (Phi) is 33.8. The Bertz CT molecular complexity index is 1380. The van der Waals surface area contributed by atoms with Crippen molar-refractivity contribution in [2.75, 3.05) is 13.2 Å². The zero-order valence-electron chi connectivity index (χ0n) is 37.2. The van der Waals surface area contributed by atoms with E-state index in [1.165, 1.54) is 51.4 Å². The maximum absolute atomic E-state index is 12.8. The van der Waals surface area contributed by atoms with E-state index in [0.717, 1.165) is 44.9 Å². The lowest BCUT2D eigenvalue weighted by Crippen LogP contribution is -2.64. The van der Waals surface area contributed by atoms with E-state index in [-0.39, 0.29) is 12.8 Å². The summed E-state index contributed by atoms with van der Waals surface area (Å²) in [6.07, 6.45) is 28.5. The predicted molar refractivity (Wildman–Crippen MR) is 241 cm³/mol. The molecule has 0 radical (unpaired) electrons. The summed E-state index contributed by atoms with van der Waals surface area (Å²) in [6, 6.07) is 0. The summed E-state index contributed by atoms with van der Waals surface area (Å²) in [5.41, 5.74) is 0. The smallest absolute Gasteiger partial charge is 0.462 e. The molecule has 14 nitrogen and oxygen atoms in total. The number of phosphoric ester groups is 1. The first-order valence-corrected chi connectivity index (χ1v) is 24.3. The van der Waals surface area contributed by atoms with Gasteiger partial charge in [0.05, 0.1) is 12.7 Å². The van der Waals surface area contributed by atoms with Crippen LogP contribution in [0.5, 0.6) is 0 Å². The molecule has 62 heavy (non-hydrogen) atoms. The third-order valence-electron chi connectivity index (χ3n) is 10.2. The Balaban J connectivity index is 2.54. The molecule has 0 aromatic carbocycles. The number of phosphoric acid groups is 1. The van der Waals surface area contributed by atoms with Crippen LogP contribution in [0.3, 0.4) is 0 Å². The van der Waals surface area contributed by atoms with Crippen molar-refractivity contribution in [2.45, 2.75) is 198 Å². The first-order chi connectivity index (χ1) is 29.8. The van der Waals surface area contributed by atoms with Crippen LogP contribution in [-0.2, 0) is 32.7 Å². The van der Waals surface area contributed by atoms with Crippen LogP contribution in [0.4, 0.5) is 0 Å². The third-order valence-corrected chi connectivity index (χ3v) is 11.1. The molecule has 0 aromatic heterocycles. The molecular weight excluding hydrogens is 819 g/mol. The highest BCUT2D eigenvalue weighted by molar-refractivity contribution is 7.47. The van der Waals surface area contributed by atoms with Crippen molar-refractivity contribution in [2.24, 2.45) is 0 Å². The minimum Gasteiger partial charge on any atom is -0.462 e. The summed E-state index contributed by atoms with van der Waals surface area (Å²) >= 11 is 0. The van der Waals surface area contributed by atoms with Crippen molar-refractivity contribution in [3.05, 3.63) is 72.9 Å². The maximum Gasteiger partial charge on any atom is 0.472 e. The number of ether oxygens (including phenoxy) is 2. The third kappa shape index (κ3) is 28.8. The standard InChI is InChI=1S/C47H79O14P/c1-3-5-7-9-11-12-13-14-15-20-23-27-31-35-41(50)60-39(37-59-62(56,57)61-47-45(54)43(52)42(51)44(53)46(47)55)36-58-40(49)34-30-26-22-19-17-16-18-21-25-29-33-38(48)32-28-24-10-8-6-4-2/h6,8,16-17,21-22,24-26,28-29,33,38-39,42-48,51-55H,3-5,7,9-15,18-20,23,27,30-32,34-37H2,1-2H3,(H,56,57)/b8-6-,17-16-,25-21-,26-22-,28-24-,33-29+/t38?,39-,42?,43-,44+,45-,46-,47?/m1/s1. The Labute approximate surface area is 370 Å². The van der Waals surface area contributed by atoms with E-state index in [1.807, 2.05) is 54.7 Å². The van der Waals surface area contributed by atoms with Crippen molar-refractivity contribution < 1.29 is 68.2 Å². The number of unbranched alkanes of at least 4 members (excludes halogenated alkanes) is 12. The number of esters is 2. The SMILES string of the molecule is CC/C=C\C/C=C\CC(O)/C=C/C=C\C/C=C\C/C=C\CCC(=O)OC[C@H](COP(=O)(O)OC1[C@H](O)[C@H](O)C(O)[C@H](O)[C@H]1O)OC(=O)CCCCCCCCCCCCCCC. The molecule has 356 valence electrons. The fourth-order valence-corrected chi connectivity index (χ4v) is 7.43. The van der Waals surface area contributed by atoms with Crippen molar-refractivity contribution in [1.82, 2.24) is 0 Å². The molecule has 1 aliphatic carbocycles. The molecule has 7 N–H and O–H groups in total. The van der Waals surface area contributed by atoms with Gasteiger partial charge in [0.1, 0.15) is 43.2 Å². The number of allylic oxidation sites excluding steroid dienone is 10. The van der Waals surface area contributed by atoms with Crippen molar-refractivity contribution in [3.63, 3.8) is 0 Å². The molecule has 9 atom stereocenters. The van der Waals surface area contributed by atoms with E-state index in [0.29, 0.717) is 25.7 Å². The first-order valence-electron chi connectivity index (χ1n) is 22.8. The lowest BCUT2D eigenvalue weighted by atomic mass is 9.85. The fourth-order valence-electron chi connectivity index (χ4n) is 6.46. The monoisotopic (exact) mass is 899 g/mol. The number of hydrogen-bond donors (Lipinski definition) is 7. The highest BCUT2D eigenvalue weighted by Gasteiger charge is 2.51.